The zero-order chi connectivity index (χ0) is 14.8. The van der Waals surface area contributed by atoms with Crippen LogP contribution in [0.2, 0.25) is 5.02 Å². The van der Waals surface area contributed by atoms with E-state index in [2.05, 4.69) is 5.32 Å². The van der Waals surface area contributed by atoms with E-state index in [1.165, 1.54) is 6.08 Å². The lowest BCUT2D eigenvalue weighted by atomic mass is 10.2. The van der Waals surface area contributed by atoms with Crippen LogP contribution in [0.5, 0.6) is 0 Å². The molecule has 5 heteroatoms. The molecule has 0 radical (unpaired) electrons. The molecule has 1 N–H and O–H groups in total. The van der Waals surface area contributed by atoms with E-state index in [-0.39, 0.29) is 12.5 Å². The van der Waals surface area contributed by atoms with Gasteiger partial charge in [-0.1, -0.05) is 37.1 Å². The second-order valence-corrected chi connectivity index (χ2v) is 4.64. The smallest absolute Gasteiger partial charge is 0.331 e. The Morgan fingerprint density at radius 3 is 2.90 bits per heavy atom. The molecule has 0 saturated heterocycles. The summed E-state index contributed by atoms with van der Waals surface area (Å²) in [4.78, 5) is 22.7. The van der Waals surface area contributed by atoms with Crippen LogP contribution in [0.1, 0.15) is 25.3 Å². The minimum Gasteiger partial charge on any atom is -0.452 e. The van der Waals surface area contributed by atoms with Crippen LogP contribution in [0.25, 0.3) is 6.08 Å². The highest BCUT2D eigenvalue weighted by molar-refractivity contribution is 6.30. The van der Waals surface area contributed by atoms with Crippen LogP contribution in [-0.4, -0.2) is 25.0 Å². The minimum absolute atomic E-state index is 0.261. The maximum Gasteiger partial charge on any atom is 0.331 e. The van der Waals surface area contributed by atoms with Gasteiger partial charge in [0.2, 0.25) is 0 Å². The van der Waals surface area contributed by atoms with Gasteiger partial charge in [0.15, 0.2) is 6.61 Å². The van der Waals surface area contributed by atoms with Gasteiger partial charge in [-0.2, -0.15) is 0 Å². The molecular weight excluding hydrogens is 278 g/mol. The molecule has 0 aliphatic heterocycles. The van der Waals surface area contributed by atoms with Crippen LogP contribution in [0.3, 0.4) is 0 Å². The van der Waals surface area contributed by atoms with Crippen LogP contribution in [0.4, 0.5) is 0 Å². The molecule has 0 atom stereocenters. The Bertz CT molecular complexity index is 486. The number of rotatable bonds is 7. The van der Waals surface area contributed by atoms with Crippen molar-refractivity contribution in [2.75, 3.05) is 13.2 Å². The fourth-order valence-electron chi connectivity index (χ4n) is 1.41. The number of ether oxygens (including phenoxy) is 1. The summed E-state index contributed by atoms with van der Waals surface area (Å²) in [5, 5.41) is 3.26. The highest BCUT2D eigenvalue weighted by atomic mass is 35.5. The maximum absolute atomic E-state index is 11.4. The number of unbranched alkanes of at least 4 members (excludes halogenated alkanes) is 1. The van der Waals surface area contributed by atoms with Crippen molar-refractivity contribution >= 4 is 29.6 Å². The zero-order valence-electron chi connectivity index (χ0n) is 11.4. The number of halogens is 1. The molecule has 1 amide bonds. The summed E-state index contributed by atoms with van der Waals surface area (Å²) in [6, 6.07) is 7.07. The van der Waals surface area contributed by atoms with Crippen molar-refractivity contribution in [3.8, 4) is 0 Å². The van der Waals surface area contributed by atoms with Crippen molar-refractivity contribution in [3.05, 3.63) is 40.9 Å². The SMILES string of the molecule is CCCCNC(=O)COC(=O)C=Cc1cccc(Cl)c1. The van der Waals surface area contributed by atoms with E-state index in [0.29, 0.717) is 11.6 Å². The monoisotopic (exact) mass is 295 g/mol. The Kier molecular flexibility index (Phi) is 7.43. The van der Waals surface area contributed by atoms with Gasteiger partial charge in [-0.15, -0.1) is 0 Å². The Morgan fingerprint density at radius 1 is 1.40 bits per heavy atom. The van der Waals surface area contributed by atoms with E-state index in [4.69, 9.17) is 16.3 Å². The fraction of sp³-hybridized carbons (Fsp3) is 0.333. The van der Waals surface area contributed by atoms with Crippen molar-refractivity contribution in [2.45, 2.75) is 19.8 Å². The van der Waals surface area contributed by atoms with Gasteiger partial charge in [0, 0.05) is 17.6 Å². The Balaban J connectivity index is 2.31. The zero-order valence-corrected chi connectivity index (χ0v) is 12.2. The Hall–Kier alpha value is -1.81. The molecule has 4 nitrogen and oxygen atoms in total. The van der Waals surface area contributed by atoms with Crippen molar-refractivity contribution in [1.29, 1.82) is 0 Å². The molecule has 0 fully saturated rings. The van der Waals surface area contributed by atoms with Crippen LogP contribution >= 0.6 is 11.6 Å². The maximum atomic E-state index is 11.4. The lowest BCUT2D eigenvalue weighted by Gasteiger charge is -2.04. The number of benzene rings is 1. The molecular formula is C15H18ClNO3. The first-order valence-corrected chi connectivity index (χ1v) is 6.86. The lowest BCUT2D eigenvalue weighted by Crippen LogP contribution is -2.29. The third kappa shape index (κ3) is 6.95. The fourth-order valence-corrected chi connectivity index (χ4v) is 1.61. The third-order valence-electron chi connectivity index (χ3n) is 2.46. The van der Waals surface area contributed by atoms with E-state index in [9.17, 15) is 9.59 Å². The summed E-state index contributed by atoms with van der Waals surface area (Å²) in [5.41, 5.74) is 0.793. The van der Waals surface area contributed by atoms with Crippen molar-refractivity contribution in [1.82, 2.24) is 5.32 Å². The van der Waals surface area contributed by atoms with Gasteiger partial charge in [0.05, 0.1) is 0 Å². The van der Waals surface area contributed by atoms with E-state index in [1.807, 2.05) is 13.0 Å². The molecule has 0 unspecified atom stereocenters. The van der Waals surface area contributed by atoms with Crippen molar-refractivity contribution < 1.29 is 14.3 Å². The number of nitrogens with one attached hydrogen (secondary N) is 1. The van der Waals surface area contributed by atoms with Crippen LogP contribution < -0.4 is 5.32 Å². The Labute approximate surface area is 123 Å². The number of amides is 1. The topological polar surface area (TPSA) is 55.4 Å². The minimum atomic E-state index is -0.560. The molecule has 0 aromatic heterocycles. The molecule has 1 aromatic rings. The second kappa shape index (κ2) is 9.15. The van der Waals surface area contributed by atoms with E-state index in [1.54, 1.807) is 24.3 Å². The van der Waals surface area contributed by atoms with Crippen molar-refractivity contribution in [2.24, 2.45) is 0 Å². The molecule has 1 rings (SSSR count). The molecule has 0 heterocycles. The quantitative estimate of drug-likeness (QED) is 0.478. The molecule has 0 aliphatic carbocycles. The first-order valence-electron chi connectivity index (χ1n) is 6.49. The van der Waals surface area contributed by atoms with Gasteiger partial charge < -0.3 is 10.1 Å². The van der Waals surface area contributed by atoms with Gasteiger partial charge in [-0.05, 0) is 30.2 Å². The van der Waals surface area contributed by atoms with Gasteiger partial charge >= 0.3 is 5.97 Å². The molecule has 20 heavy (non-hydrogen) atoms. The van der Waals surface area contributed by atoms with Crippen molar-refractivity contribution in [3.63, 3.8) is 0 Å². The summed E-state index contributed by atoms with van der Waals surface area (Å²) >= 11 is 5.82. The van der Waals surface area contributed by atoms with Gasteiger partial charge in [-0.25, -0.2) is 4.79 Å². The van der Waals surface area contributed by atoms with E-state index >= 15 is 0 Å². The van der Waals surface area contributed by atoms with E-state index in [0.717, 1.165) is 18.4 Å². The highest BCUT2D eigenvalue weighted by Crippen LogP contribution is 2.11. The highest BCUT2D eigenvalue weighted by Gasteiger charge is 2.03. The summed E-state index contributed by atoms with van der Waals surface area (Å²) in [6.45, 7) is 2.38. The number of esters is 1. The Morgan fingerprint density at radius 2 is 2.20 bits per heavy atom. The predicted molar refractivity (Wildman–Crippen MR) is 79.4 cm³/mol. The number of hydrogen-bond acceptors (Lipinski definition) is 3. The molecule has 0 saturated carbocycles. The molecule has 108 valence electrons. The van der Waals surface area contributed by atoms with Gasteiger partial charge in [-0.3, -0.25) is 4.79 Å². The molecule has 0 spiro atoms. The lowest BCUT2D eigenvalue weighted by molar-refractivity contribution is -0.143. The van der Waals surface area contributed by atoms with Crippen LogP contribution in [0, 0.1) is 0 Å². The first kappa shape index (κ1) is 16.2. The standard InChI is InChI=1S/C15H18ClNO3/c1-2-3-9-17-14(18)11-20-15(19)8-7-12-5-4-6-13(16)10-12/h4-8,10H,2-3,9,11H2,1H3,(H,17,18). The summed E-state index contributed by atoms with van der Waals surface area (Å²) in [6.07, 6.45) is 4.77. The van der Waals surface area contributed by atoms with Crippen LogP contribution in [-0.2, 0) is 14.3 Å². The van der Waals surface area contributed by atoms with Crippen LogP contribution in [0.15, 0.2) is 30.3 Å². The molecule has 0 bridgehead atoms. The van der Waals surface area contributed by atoms with Gasteiger partial charge in [0.1, 0.15) is 0 Å². The van der Waals surface area contributed by atoms with Gasteiger partial charge in [0.25, 0.3) is 5.91 Å². The molecule has 0 aliphatic rings. The second-order valence-electron chi connectivity index (χ2n) is 4.20. The average molecular weight is 296 g/mol. The predicted octanol–water partition coefficient (Wildman–Crippen LogP) is 2.81. The first-order chi connectivity index (χ1) is 9.61. The number of carbonyl (C=O) groups is 2. The average Bonchev–Trinajstić information content (AvgIpc) is 2.43. The number of carbonyl (C=O) groups excluding carboxylic acids is 2. The molecule has 1 aromatic carbocycles. The van der Waals surface area contributed by atoms with E-state index < -0.39 is 5.97 Å². The third-order valence-corrected chi connectivity index (χ3v) is 2.69. The number of hydrogen-bond donors (Lipinski definition) is 1. The largest absolute Gasteiger partial charge is 0.452 e. The summed E-state index contributed by atoms with van der Waals surface area (Å²) in [7, 11) is 0. The summed E-state index contributed by atoms with van der Waals surface area (Å²) < 4.78 is 4.82. The normalized spacial score (nSPS) is 10.5. The summed E-state index contributed by atoms with van der Waals surface area (Å²) in [5.74, 6) is -0.849.